The van der Waals surface area contributed by atoms with Crippen LogP contribution in [0.1, 0.15) is 24.8 Å². The highest BCUT2D eigenvalue weighted by Gasteiger charge is 2.43. The Labute approximate surface area is 142 Å². The molecule has 1 aromatic rings. The van der Waals surface area contributed by atoms with Crippen molar-refractivity contribution in [2.45, 2.75) is 37.9 Å². The van der Waals surface area contributed by atoms with Crippen molar-refractivity contribution in [1.82, 2.24) is 19.8 Å². The first-order valence-electron chi connectivity index (χ1n) is 8.40. The van der Waals surface area contributed by atoms with Crippen LogP contribution in [0, 0.1) is 5.92 Å². The molecule has 0 unspecified atom stereocenters. The Bertz CT molecular complexity index is 579. The zero-order valence-corrected chi connectivity index (χ0v) is 14.2. The molecular weight excluding hydrogens is 308 g/mol. The van der Waals surface area contributed by atoms with E-state index in [-0.39, 0.29) is 24.0 Å². The number of carbonyl (C=O) groups excluding carboxylic acids is 2. The topological polar surface area (TPSA) is 75.6 Å². The molecule has 24 heavy (non-hydrogen) atoms. The summed E-state index contributed by atoms with van der Waals surface area (Å²) in [6.07, 6.45) is 7.47. The molecule has 130 valence electrons. The van der Waals surface area contributed by atoms with Crippen LogP contribution in [0.4, 0.5) is 0 Å². The van der Waals surface area contributed by atoms with Crippen molar-refractivity contribution in [3.8, 4) is 0 Å². The lowest BCUT2D eigenvalue weighted by Crippen LogP contribution is -2.32. The molecule has 0 aliphatic carbocycles. The van der Waals surface area contributed by atoms with Gasteiger partial charge in [0.05, 0.1) is 18.6 Å². The zero-order chi connectivity index (χ0) is 17.1. The molecule has 1 aromatic heterocycles. The van der Waals surface area contributed by atoms with E-state index in [1.165, 1.54) is 6.33 Å². The van der Waals surface area contributed by atoms with Crippen LogP contribution in [-0.2, 0) is 20.7 Å². The van der Waals surface area contributed by atoms with E-state index in [1.54, 1.807) is 31.4 Å². The fourth-order valence-corrected chi connectivity index (χ4v) is 3.44. The minimum absolute atomic E-state index is 0.00591. The number of hydrogen-bond donors (Lipinski definition) is 0. The van der Waals surface area contributed by atoms with Gasteiger partial charge in [-0.15, -0.1) is 0 Å². The summed E-state index contributed by atoms with van der Waals surface area (Å²) in [6.45, 7) is 1.38. The molecule has 2 amide bonds. The maximum Gasteiger partial charge on any atom is 0.224 e. The molecule has 3 rings (SSSR count). The number of nitrogens with zero attached hydrogens (tertiary/aromatic N) is 4. The van der Waals surface area contributed by atoms with E-state index in [0.29, 0.717) is 31.7 Å². The molecule has 3 heterocycles. The number of ether oxygens (including phenoxy) is 1. The summed E-state index contributed by atoms with van der Waals surface area (Å²) in [5.41, 5.74) is 0.976. The third kappa shape index (κ3) is 3.90. The van der Waals surface area contributed by atoms with Crippen molar-refractivity contribution in [3.05, 3.63) is 24.3 Å². The van der Waals surface area contributed by atoms with Crippen molar-refractivity contribution >= 4 is 11.8 Å². The average molecular weight is 332 g/mol. The standard InChI is InChI=1S/C17H24N4O3/c1-20(2)17(23)6-14-5-13-9-21(10-15(13)24-14)16(22)4-3-12-7-18-11-19-8-12/h7-8,11,13-15H,3-6,9-10H2,1-2H3/t13-,14-,15+/m0/s1. The zero-order valence-electron chi connectivity index (χ0n) is 14.2. The van der Waals surface area contributed by atoms with Gasteiger partial charge in [-0.1, -0.05) is 0 Å². The number of likely N-dealkylation sites (tertiary alicyclic amines) is 1. The number of fused-ring (bicyclic) bond motifs is 1. The summed E-state index contributed by atoms with van der Waals surface area (Å²) in [5.74, 6) is 0.602. The SMILES string of the molecule is CN(C)C(=O)C[C@@H]1C[C@H]2CN(C(=O)CCc3cncnc3)C[C@H]2O1. The lowest BCUT2D eigenvalue weighted by atomic mass is 10.0. The van der Waals surface area contributed by atoms with E-state index in [4.69, 9.17) is 4.74 Å². The average Bonchev–Trinajstić information content (AvgIpc) is 3.11. The second kappa shape index (κ2) is 7.25. The molecule has 3 atom stereocenters. The predicted molar refractivity (Wildman–Crippen MR) is 87.0 cm³/mol. The van der Waals surface area contributed by atoms with Gasteiger partial charge in [0.25, 0.3) is 0 Å². The molecule has 2 fully saturated rings. The minimum atomic E-state index is -0.00591. The summed E-state index contributed by atoms with van der Waals surface area (Å²) in [7, 11) is 3.52. The van der Waals surface area contributed by atoms with Crippen LogP contribution >= 0.6 is 0 Å². The normalized spacial score (nSPS) is 25.6. The molecule has 2 saturated heterocycles. The molecule has 0 aromatic carbocycles. The monoisotopic (exact) mass is 332 g/mol. The third-order valence-electron chi connectivity index (χ3n) is 4.81. The van der Waals surface area contributed by atoms with E-state index in [0.717, 1.165) is 18.5 Å². The number of aromatic nitrogens is 2. The first-order chi connectivity index (χ1) is 11.5. The summed E-state index contributed by atoms with van der Waals surface area (Å²) in [6, 6.07) is 0. The van der Waals surface area contributed by atoms with Gasteiger partial charge in [0.1, 0.15) is 6.33 Å². The molecule has 0 bridgehead atoms. The summed E-state index contributed by atoms with van der Waals surface area (Å²) >= 11 is 0. The maximum absolute atomic E-state index is 12.4. The van der Waals surface area contributed by atoms with Gasteiger partial charge >= 0.3 is 0 Å². The van der Waals surface area contributed by atoms with E-state index in [1.807, 2.05) is 4.90 Å². The maximum atomic E-state index is 12.4. The Morgan fingerprint density at radius 1 is 1.29 bits per heavy atom. The van der Waals surface area contributed by atoms with E-state index in [9.17, 15) is 9.59 Å². The molecule has 2 aliphatic rings. The predicted octanol–water partition coefficient (Wildman–Crippen LogP) is 0.503. The van der Waals surface area contributed by atoms with Crippen molar-refractivity contribution in [2.24, 2.45) is 5.92 Å². The first-order valence-corrected chi connectivity index (χ1v) is 8.40. The van der Waals surface area contributed by atoms with Gasteiger partial charge in [-0.2, -0.15) is 0 Å². The highest BCUT2D eigenvalue weighted by molar-refractivity contribution is 5.77. The Kier molecular flexibility index (Phi) is 5.08. The van der Waals surface area contributed by atoms with Crippen LogP contribution in [0.2, 0.25) is 0 Å². The van der Waals surface area contributed by atoms with Crippen molar-refractivity contribution in [2.75, 3.05) is 27.2 Å². The van der Waals surface area contributed by atoms with E-state index < -0.39 is 0 Å². The van der Waals surface area contributed by atoms with Gasteiger partial charge in [-0.05, 0) is 18.4 Å². The lowest BCUT2D eigenvalue weighted by molar-refractivity contribution is -0.133. The van der Waals surface area contributed by atoms with Gasteiger partial charge in [0.2, 0.25) is 11.8 Å². The second-order valence-electron chi connectivity index (χ2n) is 6.83. The Morgan fingerprint density at radius 2 is 2.04 bits per heavy atom. The smallest absolute Gasteiger partial charge is 0.224 e. The Balaban J connectivity index is 1.44. The molecule has 2 aliphatic heterocycles. The fourth-order valence-electron chi connectivity index (χ4n) is 3.44. The first kappa shape index (κ1) is 16.8. The van der Waals surface area contributed by atoms with Gasteiger partial charge in [-0.3, -0.25) is 9.59 Å². The van der Waals surface area contributed by atoms with E-state index >= 15 is 0 Å². The molecule has 7 heteroatoms. The van der Waals surface area contributed by atoms with Crippen LogP contribution in [-0.4, -0.2) is 71.0 Å². The largest absolute Gasteiger partial charge is 0.372 e. The van der Waals surface area contributed by atoms with Gasteiger partial charge in [-0.25, -0.2) is 9.97 Å². The summed E-state index contributed by atoms with van der Waals surface area (Å²) in [4.78, 5) is 35.6. The minimum Gasteiger partial charge on any atom is -0.372 e. The number of hydrogen-bond acceptors (Lipinski definition) is 5. The van der Waals surface area contributed by atoms with Crippen LogP contribution < -0.4 is 0 Å². The van der Waals surface area contributed by atoms with Crippen LogP contribution in [0.3, 0.4) is 0 Å². The molecule has 0 saturated carbocycles. The number of carbonyl (C=O) groups is 2. The van der Waals surface area contributed by atoms with Gasteiger partial charge < -0.3 is 14.5 Å². The lowest BCUT2D eigenvalue weighted by Gasteiger charge is -2.20. The molecular formula is C17H24N4O3. The van der Waals surface area contributed by atoms with Crippen LogP contribution in [0.15, 0.2) is 18.7 Å². The summed E-state index contributed by atoms with van der Waals surface area (Å²) in [5, 5.41) is 0. The highest BCUT2D eigenvalue weighted by Crippen LogP contribution is 2.34. The molecule has 0 radical (unpaired) electrons. The third-order valence-corrected chi connectivity index (χ3v) is 4.81. The highest BCUT2D eigenvalue weighted by atomic mass is 16.5. The number of aryl methyl sites for hydroxylation is 1. The number of amides is 2. The Morgan fingerprint density at radius 3 is 2.71 bits per heavy atom. The Hall–Kier alpha value is -2.02. The quantitative estimate of drug-likeness (QED) is 0.785. The molecule has 0 spiro atoms. The van der Waals surface area contributed by atoms with Crippen LogP contribution in [0.25, 0.3) is 0 Å². The van der Waals surface area contributed by atoms with E-state index in [2.05, 4.69) is 9.97 Å². The van der Waals surface area contributed by atoms with Gasteiger partial charge in [0, 0.05) is 51.9 Å². The van der Waals surface area contributed by atoms with Crippen LogP contribution in [0.5, 0.6) is 0 Å². The molecule has 7 nitrogen and oxygen atoms in total. The van der Waals surface area contributed by atoms with Gasteiger partial charge in [0.15, 0.2) is 0 Å². The van der Waals surface area contributed by atoms with Crippen molar-refractivity contribution in [3.63, 3.8) is 0 Å². The van der Waals surface area contributed by atoms with Crippen molar-refractivity contribution < 1.29 is 14.3 Å². The fraction of sp³-hybridized carbons (Fsp3) is 0.647. The van der Waals surface area contributed by atoms with Crippen molar-refractivity contribution in [1.29, 1.82) is 0 Å². The second-order valence-corrected chi connectivity index (χ2v) is 6.83. The molecule has 0 N–H and O–H groups in total. The number of rotatable bonds is 5. The summed E-state index contributed by atoms with van der Waals surface area (Å²) < 4.78 is 5.99.